The van der Waals surface area contributed by atoms with Crippen molar-refractivity contribution in [2.75, 3.05) is 45.2 Å². The van der Waals surface area contributed by atoms with Crippen molar-refractivity contribution >= 4 is 21.6 Å². The molecule has 0 N–H and O–H groups in total. The van der Waals surface area contributed by atoms with Gasteiger partial charge >= 0.3 is 0 Å². The van der Waals surface area contributed by atoms with E-state index in [2.05, 4.69) is 0 Å². The fraction of sp³-hybridized carbons (Fsp3) is 0.350. The number of nitrogens with zero attached hydrogens (tertiary/aromatic N) is 3. The molecule has 1 amide bonds. The zero-order valence-electron chi connectivity index (χ0n) is 15.9. The van der Waals surface area contributed by atoms with Crippen LogP contribution in [0.1, 0.15) is 15.9 Å². The van der Waals surface area contributed by atoms with Crippen LogP contribution in [0.5, 0.6) is 0 Å². The lowest BCUT2D eigenvalue weighted by atomic mass is 10.1. The molecule has 1 saturated heterocycles. The van der Waals surface area contributed by atoms with E-state index in [1.54, 1.807) is 36.1 Å². The lowest BCUT2D eigenvalue weighted by molar-refractivity contribution is 0.0698. The van der Waals surface area contributed by atoms with Gasteiger partial charge in [-0.15, -0.1) is 0 Å². The first kappa shape index (κ1) is 19.4. The van der Waals surface area contributed by atoms with Crippen LogP contribution >= 0.6 is 0 Å². The minimum atomic E-state index is -3.54. The van der Waals surface area contributed by atoms with E-state index < -0.39 is 10.0 Å². The maximum absolute atomic E-state index is 12.9. The van der Waals surface area contributed by atoms with Crippen LogP contribution < -0.4 is 4.90 Å². The van der Waals surface area contributed by atoms with Crippen LogP contribution in [0, 0.1) is 6.92 Å². The average Bonchev–Trinajstić information content (AvgIpc) is 2.68. The number of rotatable bonds is 4. The lowest BCUT2D eigenvalue weighted by Gasteiger charge is -2.34. The van der Waals surface area contributed by atoms with E-state index in [0.717, 1.165) is 11.3 Å². The van der Waals surface area contributed by atoms with Gasteiger partial charge in [0.1, 0.15) is 0 Å². The molecule has 0 bridgehead atoms. The van der Waals surface area contributed by atoms with Crippen molar-refractivity contribution in [3.8, 4) is 0 Å². The number of hydrogen-bond acceptors (Lipinski definition) is 4. The molecule has 0 aromatic heterocycles. The molecule has 1 aliphatic rings. The third-order valence-electron chi connectivity index (χ3n) is 4.85. The maximum Gasteiger partial charge on any atom is 0.254 e. The minimum absolute atomic E-state index is 0.0633. The minimum Gasteiger partial charge on any atom is -0.378 e. The Kier molecular flexibility index (Phi) is 5.53. The van der Waals surface area contributed by atoms with Crippen LogP contribution in [0.2, 0.25) is 0 Å². The maximum atomic E-state index is 12.9. The fourth-order valence-corrected chi connectivity index (χ4v) is 4.86. The summed E-state index contributed by atoms with van der Waals surface area (Å²) in [6, 6.07) is 14.5. The highest BCUT2D eigenvalue weighted by molar-refractivity contribution is 7.89. The Hall–Kier alpha value is -2.38. The van der Waals surface area contributed by atoms with Crippen molar-refractivity contribution in [1.29, 1.82) is 0 Å². The summed E-state index contributed by atoms with van der Waals surface area (Å²) in [5.74, 6) is -0.0633. The molecule has 0 spiro atoms. The van der Waals surface area contributed by atoms with Gasteiger partial charge in [0.25, 0.3) is 5.91 Å². The molecule has 1 fully saturated rings. The average molecular weight is 388 g/mol. The second-order valence-corrected chi connectivity index (χ2v) is 8.81. The number of aryl methyl sites for hydroxylation is 1. The molecule has 0 unspecified atom stereocenters. The van der Waals surface area contributed by atoms with Gasteiger partial charge in [-0.25, -0.2) is 8.42 Å². The summed E-state index contributed by atoms with van der Waals surface area (Å²) in [5.41, 5.74) is 2.31. The number of amides is 1. The molecule has 144 valence electrons. The van der Waals surface area contributed by atoms with Crippen LogP contribution in [0.25, 0.3) is 0 Å². The van der Waals surface area contributed by atoms with Gasteiger partial charge in [-0.1, -0.05) is 24.3 Å². The summed E-state index contributed by atoms with van der Waals surface area (Å²) in [6.45, 7) is 3.17. The van der Waals surface area contributed by atoms with E-state index in [0.29, 0.717) is 36.6 Å². The van der Waals surface area contributed by atoms with Gasteiger partial charge < -0.3 is 9.80 Å². The number of piperazine rings is 1. The number of hydrogen-bond donors (Lipinski definition) is 0. The fourth-order valence-electron chi connectivity index (χ4n) is 3.22. The first-order chi connectivity index (χ1) is 12.8. The van der Waals surface area contributed by atoms with Gasteiger partial charge in [0, 0.05) is 51.5 Å². The molecule has 0 radical (unpaired) electrons. The third-order valence-corrected chi connectivity index (χ3v) is 6.91. The molecule has 2 aromatic rings. The highest BCUT2D eigenvalue weighted by Gasteiger charge is 2.31. The number of sulfonamides is 1. The van der Waals surface area contributed by atoms with Gasteiger partial charge in [-0.05, 0) is 36.8 Å². The van der Waals surface area contributed by atoms with Crippen molar-refractivity contribution < 1.29 is 13.2 Å². The molecule has 1 heterocycles. The number of carbonyl (C=O) groups excluding carboxylic acids is 1. The largest absolute Gasteiger partial charge is 0.378 e. The van der Waals surface area contributed by atoms with E-state index in [9.17, 15) is 13.2 Å². The second kappa shape index (κ2) is 7.70. The number of anilines is 1. The predicted octanol–water partition coefficient (Wildman–Crippen LogP) is 2.21. The quantitative estimate of drug-likeness (QED) is 0.807. The van der Waals surface area contributed by atoms with E-state index in [-0.39, 0.29) is 5.91 Å². The molecule has 2 aromatic carbocycles. The molecule has 3 rings (SSSR count). The summed E-state index contributed by atoms with van der Waals surface area (Å²) in [6.07, 6.45) is 0. The molecule has 0 aliphatic carbocycles. The Morgan fingerprint density at radius 2 is 1.63 bits per heavy atom. The highest BCUT2D eigenvalue weighted by atomic mass is 32.2. The van der Waals surface area contributed by atoms with Gasteiger partial charge in [0.05, 0.1) is 4.90 Å². The zero-order chi connectivity index (χ0) is 19.6. The van der Waals surface area contributed by atoms with Crippen LogP contribution in [0.15, 0.2) is 53.4 Å². The Morgan fingerprint density at radius 1 is 0.963 bits per heavy atom. The SMILES string of the molecule is Cc1ccccc1S(=O)(=O)N1CCN(C(=O)c2cccc(N(C)C)c2)CC1. The van der Waals surface area contributed by atoms with Crippen LogP contribution in [0.4, 0.5) is 5.69 Å². The van der Waals surface area contributed by atoms with Crippen molar-refractivity contribution in [3.63, 3.8) is 0 Å². The van der Waals surface area contributed by atoms with Crippen LogP contribution in [-0.2, 0) is 10.0 Å². The number of carbonyl (C=O) groups is 1. The summed E-state index contributed by atoms with van der Waals surface area (Å²) in [5, 5.41) is 0. The summed E-state index contributed by atoms with van der Waals surface area (Å²) in [4.78, 5) is 16.8. The Labute approximate surface area is 161 Å². The highest BCUT2D eigenvalue weighted by Crippen LogP contribution is 2.22. The Bertz CT molecular complexity index is 933. The van der Waals surface area contributed by atoms with Gasteiger partial charge in [0.15, 0.2) is 0 Å². The monoisotopic (exact) mass is 387 g/mol. The molecule has 7 heteroatoms. The van der Waals surface area contributed by atoms with E-state index >= 15 is 0 Å². The number of benzene rings is 2. The lowest BCUT2D eigenvalue weighted by Crippen LogP contribution is -2.50. The predicted molar refractivity (Wildman–Crippen MR) is 107 cm³/mol. The molecule has 0 atom stereocenters. The standard InChI is InChI=1S/C20H25N3O3S/c1-16-7-4-5-10-19(16)27(25,26)23-13-11-22(12-14-23)20(24)17-8-6-9-18(15-17)21(2)3/h4-10,15H,11-14H2,1-3H3. The molecular weight excluding hydrogens is 362 g/mol. The van der Waals surface area contributed by atoms with Gasteiger partial charge in [0.2, 0.25) is 10.0 Å². The third kappa shape index (κ3) is 3.99. The molecule has 27 heavy (non-hydrogen) atoms. The Balaban J connectivity index is 1.71. The van der Waals surface area contributed by atoms with Crippen LogP contribution in [-0.4, -0.2) is 63.8 Å². The zero-order valence-corrected chi connectivity index (χ0v) is 16.7. The topological polar surface area (TPSA) is 60.9 Å². The van der Waals surface area contributed by atoms with Crippen molar-refractivity contribution in [1.82, 2.24) is 9.21 Å². The van der Waals surface area contributed by atoms with Crippen molar-refractivity contribution in [2.45, 2.75) is 11.8 Å². The first-order valence-electron chi connectivity index (χ1n) is 8.93. The summed E-state index contributed by atoms with van der Waals surface area (Å²) >= 11 is 0. The van der Waals surface area contributed by atoms with E-state index in [1.807, 2.05) is 43.3 Å². The molecule has 6 nitrogen and oxygen atoms in total. The molecule has 1 aliphatic heterocycles. The normalized spacial score (nSPS) is 15.6. The van der Waals surface area contributed by atoms with Crippen molar-refractivity contribution in [2.24, 2.45) is 0 Å². The van der Waals surface area contributed by atoms with Gasteiger partial charge in [-0.2, -0.15) is 4.31 Å². The second-order valence-electron chi connectivity index (χ2n) is 6.91. The van der Waals surface area contributed by atoms with E-state index in [1.165, 1.54) is 4.31 Å². The summed E-state index contributed by atoms with van der Waals surface area (Å²) < 4.78 is 27.2. The molecular formula is C20H25N3O3S. The van der Waals surface area contributed by atoms with E-state index in [4.69, 9.17) is 0 Å². The Morgan fingerprint density at radius 3 is 2.26 bits per heavy atom. The summed E-state index contributed by atoms with van der Waals surface area (Å²) in [7, 11) is 0.323. The van der Waals surface area contributed by atoms with Crippen LogP contribution in [0.3, 0.4) is 0 Å². The van der Waals surface area contributed by atoms with Crippen molar-refractivity contribution in [3.05, 3.63) is 59.7 Å². The smallest absolute Gasteiger partial charge is 0.254 e. The van der Waals surface area contributed by atoms with Gasteiger partial charge in [-0.3, -0.25) is 4.79 Å². The first-order valence-corrected chi connectivity index (χ1v) is 10.4. The molecule has 0 saturated carbocycles.